The summed E-state index contributed by atoms with van der Waals surface area (Å²) in [5, 5.41) is 11.9. The lowest BCUT2D eigenvalue weighted by Crippen LogP contribution is -2.15. The van der Waals surface area contributed by atoms with Gasteiger partial charge in [-0.05, 0) is 38.5 Å². The molecule has 3 N–H and O–H groups in total. The van der Waals surface area contributed by atoms with Crippen LogP contribution in [0.25, 0.3) is 0 Å². The SMILES string of the molecule is COc1cc(C(=O)O)cc(NC(=O)c2[nH]c(C)c(C(C)=O)c2C)c1OC. The van der Waals surface area contributed by atoms with Gasteiger partial charge in [0, 0.05) is 11.3 Å². The lowest BCUT2D eigenvalue weighted by Gasteiger charge is -2.14. The van der Waals surface area contributed by atoms with E-state index in [0.717, 1.165) is 0 Å². The number of ether oxygens (including phenoxy) is 2. The van der Waals surface area contributed by atoms with Crippen LogP contribution < -0.4 is 14.8 Å². The van der Waals surface area contributed by atoms with Crippen molar-refractivity contribution in [3.8, 4) is 11.5 Å². The van der Waals surface area contributed by atoms with E-state index in [1.54, 1.807) is 13.8 Å². The van der Waals surface area contributed by atoms with Crippen molar-refractivity contribution in [2.45, 2.75) is 20.8 Å². The van der Waals surface area contributed by atoms with Crippen LogP contribution in [0.1, 0.15) is 49.4 Å². The highest BCUT2D eigenvalue weighted by Gasteiger charge is 2.22. The molecule has 0 bridgehead atoms. The summed E-state index contributed by atoms with van der Waals surface area (Å²) >= 11 is 0. The van der Waals surface area contributed by atoms with Gasteiger partial charge in [-0.2, -0.15) is 0 Å². The topological polar surface area (TPSA) is 118 Å². The fraction of sp³-hybridized carbons (Fsp3) is 0.278. The molecular weight excluding hydrogens is 340 g/mol. The average molecular weight is 360 g/mol. The molecule has 8 nitrogen and oxygen atoms in total. The van der Waals surface area contributed by atoms with Crippen LogP contribution in [0.4, 0.5) is 5.69 Å². The number of ketones is 1. The zero-order valence-electron chi connectivity index (χ0n) is 15.1. The largest absolute Gasteiger partial charge is 0.493 e. The third-order valence-electron chi connectivity index (χ3n) is 3.99. The Morgan fingerprint density at radius 1 is 1.12 bits per heavy atom. The molecule has 0 fully saturated rings. The number of anilines is 1. The predicted molar refractivity (Wildman–Crippen MR) is 94.7 cm³/mol. The summed E-state index contributed by atoms with van der Waals surface area (Å²) < 4.78 is 10.4. The van der Waals surface area contributed by atoms with Gasteiger partial charge in [-0.1, -0.05) is 0 Å². The van der Waals surface area contributed by atoms with Gasteiger partial charge in [-0.15, -0.1) is 0 Å². The van der Waals surface area contributed by atoms with Gasteiger partial charge in [-0.3, -0.25) is 9.59 Å². The van der Waals surface area contributed by atoms with Gasteiger partial charge < -0.3 is 24.9 Å². The number of Topliss-reactive ketones (excluding diaryl/α,β-unsaturated/α-hetero) is 1. The Balaban J connectivity index is 2.49. The van der Waals surface area contributed by atoms with Gasteiger partial charge in [0.05, 0.1) is 25.5 Å². The highest BCUT2D eigenvalue weighted by Crippen LogP contribution is 2.37. The fourth-order valence-corrected chi connectivity index (χ4v) is 2.87. The molecule has 0 atom stereocenters. The molecule has 0 aliphatic heterocycles. The van der Waals surface area contributed by atoms with Gasteiger partial charge >= 0.3 is 5.97 Å². The van der Waals surface area contributed by atoms with E-state index in [-0.39, 0.29) is 34.2 Å². The molecule has 8 heteroatoms. The number of carbonyl (C=O) groups excluding carboxylic acids is 2. The van der Waals surface area contributed by atoms with E-state index in [0.29, 0.717) is 16.8 Å². The number of methoxy groups -OCH3 is 2. The van der Waals surface area contributed by atoms with E-state index in [4.69, 9.17) is 9.47 Å². The molecule has 1 amide bonds. The van der Waals surface area contributed by atoms with Crippen LogP contribution in [0.3, 0.4) is 0 Å². The minimum Gasteiger partial charge on any atom is -0.493 e. The molecule has 0 saturated carbocycles. The summed E-state index contributed by atoms with van der Waals surface area (Å²) in [6, 6.07) is 2.58. The Hall–Kier alpha value is -3.29. The van der Waals surface area contributed by atoms with Crippen LogP contribution in [-0.2, 0) is 0 Å². The smallest absolute Gasteiger partial charge is 0.335 e. The van der Waals surface area contributed by atoms with Gasteiger partial charge in [0.1, 0.15) is 5.69 Å². The zero-order valence-corrected chi connectivity index (χ0v) is 15.1. The summed E-state index contributed by atoms with van der Waals surface area (Å²) in [7, 11) is 2.75. The van der Waals surface area contributed by atoms with Gasteiger partial charge in [0.15, 0.2) is 17.3 Å². The first-order chi connectivity index (χ1) is 12.2. The van der Waals surface area contributed by atoms with Crippen molar-refractivity contribution in [3.05, 3.63) is 40.2 Å². The number of aromatic carboxylic acids is 1. The van der Waals surface area contributed by atoms with Crippen molar-refractivity contribution in [2.24, 2.45) is 0 Å². The molecule has 1 heterocycles. The third-order valence-corrected chi connectivity index (χ3v) is 3.99. The maximum Gasteiger partial charge on any atom is 0.335 e. The summed E-state index contributed by atoms with van der Waals surface area (Å²) in [6.07, 6.45) is 0. The Bertz CT molecular complexity index is 898. The molecule has 2 aromatic rings. The van der Waals surface area contributed by atoms with E-state index in [1.807, 2.05) is 0 Å². The monoisotopic (exact) mass is 360 g/mol. The van der Waals surface area contributed by atoms with Crippen LogP contribution in [0.5, 0.6) is 11.5 Å². The summed E-state index contributed by atoms with van der Waals surface area (Å²) in [5.41, 5.74) is 1.86. The van der Waals surface area contributed by atoms with Crippen molar-refractivity contribution in [1.82, 2.24) is 4.98 Å². The molecule has 0 saturated heterocycles. The second kappa shape index (κ2) is 7.30. The van der Waals surface area contributed by atoms with Crippen molar-refractivity contribution in [1.29, 1.82) is 0 Å². The molecule has 0 radical (unpaired) electrons. The quantitative estimate of drug-likeness (QED) is 0.682. The number of hydrogen-bond acceptors (Lipinski definition) is 5. The highest BCUT2D eigenvalue weighted by atomic mass is 16.5. The number of aromatic nitrogens is 1. The number of hydrogen-bond donors (Lipinski definition) is 3. The molecule has 138 valence electrons. The summed E-state index contributed by atoms with van der Waals surface area (Å²) in [4.78, 5) is 38.6. The molecule has 0 aliphatic rings. The third kappa shape index (κ3) is 3.39. The van der Waals surface area contributed by atoms with E-state index in [9.17, 15) is 19.5 Å². The van der Waals surface area contributed by atoms with Crippen molar-refractivity contribution < 1.29 is 29.0 Å². The minimum atomic E-state index is -1.17. The zero-order chi connectivity index (χ0) is 19.6. The lowest BCUT2D eigenvalue weighted by atomic mass is 10.1. The molecule has 1 aromatic heterocycles. The van der Waals surface area contributed by atoms with Crippen LogP contribution in [0.15, 0.2) is 12.1 Å². The normalized spacial score (nSPS) is 10.3. The number of carbonyl (C=O) groups is 3. The Kier molecular flexibility index (Phi) is 5.35. The van der Waals surface area contributed by atoms with Crippen LogP contribution in [0, 0.1) is 13.8 Å². The number of nitrogens with one attached hydrogen (secondary N) is 2. The number of rotatable bonds is 6. The summed E-state index contributed by atoms with van der Waals surface area (Å²) in [5.74, 6) is -1.49. The predicted octanol–water partition coefficient (Wildman–Crippen LogP) is 2.80. The number of aromatic amines is 1. The van der Waals surface area contributed by atoms with Crippen molar-refractivity contribution in [2.75, 3.05) is 19.5 Å². The number of carboxylic acid groups (broad SMARTS) is 1. The van der Waals surface area contributed by atoms with Crippen LogP contribution in [0.2, 0.25) is 0 Å². The summed E-state index contributed by atoms with van der Waals surface area (Å²) in [6.45, 7) is 4.80. The number of carboxylic acids is 1. The maximum absolute atomic E-state index is 12.7. The molecule has 2 rings (SSSR count). The number of amides is 1. The van der Waals surface area contributed by atoms with Crippen molar-refractivity contribution >= 4 is 23.3 Å². The second-order valence-corrected chi connectivity index (χ2v) is 5.70. The Labute approximate surface area is 150 Å². The van der Waals surface area contributed by atoms with E-state index in [1.165, 1.54) is 33.3 Å². The van der Waals surface area contributed by atoms with E-state index in [2.05, 4.69) is 10.3 Å². The Morgan fingerprint density at radius 3 is 2.23 bits per heavy atom. The van der Waals surface area contributed by atoms with Crippen molar-refractivity contribution in [3.63, 3.8) is 0 Å². The molecular formula is C18H20N2O6. The van der Waals surface area contributed by atoms with Crippen LogP contribution >= 0.6 is 0 Å². The number of H-pyrrole nitrogens is 1. The molecule has 0 spiro atoms. The minimum absolute atomic E-state index is 0.0678. The van der Waals surface area contributed by atoms with Crippen LogP contribution in [-0.4, -0.2) is 42.0 Å². The first-order valence-electron chi connectivity index (χ1n) is 7.72. The number of aryl methyl sites for hydroxylation is 1. The fourth-order valence-electron chi connectivity index (χ4n) is 2.87. The first-order valence-corrected chi connectivity index (χ1v) is 7.72. The van der Waals surface area contributed by atoms with Gasteiger partial charge in [0.2, 0.25) is 0 Å². The molecule has 1 aromatic carbocycles. The maximum atomic E-state index is 12.7. The standard InChI is InChI=1S/C18H20N2O6/c1-8-14(10(3)21)9(2)19-15(8)17(22)20-12-6-11(18(23)24)7-13(25-4)16(12)26-5/h6-7,19H,1-5H3,(H,20,22)(H,23,24). The highest BCUT2D eigenvalue weighted by molar-refractivity contribution is 6.08. The van der Waals surface area contributed by atoms with E-state index >= 15 is 0 Å². The first kappa shape index (κ1) is 19.0. The molecule has 26 heavy (non-hydrogen) atoms. The van der Waals surface area contributed by atoms with Gasteiger partial charge in [0.25, 0.3) is 5.91 Å². The molecule has 0 aliphatic carbocycles. The second-order valence-electron chi connectivity index (χ2n) is 5.70. The van der Waals surface area contributed by atoms with E-state index < -0.39 is 11.9 Å². The molecule has 0 unspecified atom stereocenters. The average Bonchev–Trinajstić information content (AvgIpc) is 2.88. The Morgan fingerprint density at radius 2 is 1.77 bits per heavy atom. The number of benzene rings is 1. The lowest BCUT2D eigenvalue weighted by molar-refractivity contribution is 0.0695. The van der Waals surface area contributed by atoms with Gasteiger partial charge in [-0.25, -0.2) is 4.79 Å².